The summed E-state index contributed by atoms with van der Waals surface area (Å²) >= 11 is 6.63. The highest BCUT2D eigenvalue weighted by atomic mass is 35.5. The number of carbonyl (C=O) groups excluding carboxylic acids is 1. The number of nitrogens with one attached hydrogen (secondary N) is 1. The largest absolute Gasteiger partial charge is 0.497 e. The minimum atomic E-state index is -0.582. The van der Waals surface area contributed by atoms with Crippen LogP contribution in [0.5, 0.6) is 5.75 Å². The molecule has 0 spiro atoms. The van der Waals surface area contributed by atoms with Gasteiger partial charge in [-0.15, -0.1) is 10.2 Å². The normalized spacial score (nSPS) is 10.6. The van der Waals surface area contributed by atoms with E-state index < -0.39 is 17.3 Å². The van der Waals surface area contributed by atoms with E-state index >= 15 is 0 Å². The first-order valence-electron chi connectivity index (χ1n) is 8.61. The SMILES string of the molecule is COc1ccc(Cc2nnc(SCC(=O)Nc3ccc(F)c(Cl)c3)n(N)c2=O)cc1. The summed E-state index contributed by atoms with van der Waals surface area (Å²) in [6.45, 7) is 0. The molecule has 30 heavy (non-hydrogen) atoms. The summed E-state index contributed by atoms with van der Waals surface area (Å²) in [4.78, 5) is 24.6. The second kappa shape index (κ2) is 9.59. The van der Waals surface area contributed by atoms with Crippen molar-refractivity contribution in [3.05, 3.63) is 74.9 Å². The number of aromatic nitrogens is 3. The van der Waals surface area contributed by atoms with E-state index in [9.17, 15) is 14.0 Å². The van der Waals surface area contributed by atoms with Gasteiger partial charge in [-0.3, -0.25) is 9.59 Å². The predicted octanol–water partition coefficient (Wildman–Crippen LogP) is 2.47. The zero-order valence-electron chi connectivity index (χ0n) is 15.8. The predicted molar refractivity (Wildman–Crippen MR) is 113 cm³/mol. The van der Waals surface area contributed by atoms with Crippen LogP contribution < -0.4 is 21.5 Å². The molecule has 0 aliphatic carbocycles. The Morgan fingerprint density at radius 1 is 1.27 bits per heavy atom. The van der Waals surface area contributed by atoms with E-state index in [0.717, 1.165) is 28.1 Å². The molecule has 1 aromatic heterocycles. The molecule has 0 unspecified atom stereocenters. The number of benzene rings is 2. The molecule has 0 fully saturated rings. The smallest absolute Gasteiger partial charge is 0.294 e. The molecule has 0 saturated carbocycles. The van der Waals surface area contributed by atoms with Crippen LogP contribution in [0.1, 0.15) is 11.3 Å². The van der Waals surface area contributed by atoms with E-state index in [4.69, 9.17) is 22.2 Å². The Hall–Kier alpha value is -3.11. The molecule has 0 aliphatic rings. The van der Waals surface area contributed by atoms with Gasteiger partial charge in [-0.2, -0.15) is 4.68 Å². The Kier molecular flexibility index (Phi) is 6.91. The van der Waals surface area contributed by atoms with Crippen molar-refractivity contribution in [3.63, 3.8) is 0 Å². The molecule has 156 valence electrons. The number of nitrogens with two attached hydrogens (primary N) is 1. The van der Waals surface area contributed by atoms with E-state index in [0.29, 0.717) is 11.4 Å². The average Bonchev–Trinajstić information content (AvgIpc) is 2.74. The molecule has 3 N–H and O–H groups in total. The lowest BCUT2D eigenvalue weighted by molar-refractivity contribution is -0.113. The van der Waals surface area contributed by atoms with Gasteiger partial charge < -0.3 is 15.9 Å². The van der Waals surface area contributed by atoms with Crippen LogP contribution in [0.3, 0.4) is 0 Å². The van der Waals surface area contributed by atoms with Crippen molar-refractivity contribution in [2.75, 3.05) is 24.0 Å². The zero-order chi connectivity index (χ0) is 21.7. The molecule has 0 aliphatic heterocycles. The number of amides is 1. The number of nitrogen functional groups attached to an aromatic ring is 1. The number of carbonyl (C=O) groups is 1. The van der Waals surface area contributed by atoms with Gasteiger partial charge in [0.2, 0.25) is 11.1 Å². The quantitative estimate of drug-likeness (QED) is 0.421. The van der Waals surface area contributed by atoms with Gasteiger partial charge in [-0.25, -0.2) is 4.39 Å². The summed E-state index contributed by atoms with van der Waals surface area (Å²) in [7, 11) is 1.57. The Balaban J connectivity index is 1.63. The molecule has 0 bridgehead atoms. The monoisotopic (exact) mass is 449 g/mol. The first-order valence-corrected chi connectivity index (χ1v) is 9.98. The number of anilines is 1. The van der Waals surface area contributed by atoms with Gasteiger partial charge in [0, 0.05) is 12.1 Å². The fraction of sp³-hybridized carbons (Fsp3) is 0.158. The van der Waals surface area contributed by atoms with Crippen LogP contribution >= 0.6 is 23.4 Å². The highest BCUT2D eigenvalue weighted by molar-refractivity contribution is 7.99. The molecule has 3 rings (SSSR count). The molecule has 1 amide bonds. The van der Waals surface area contributed by atoms with Crippen molar-refractivity contribution in [1.29, 1.82) is 0 Å². The minimum absolute atomic E-state index is 0.0852. The van der Waals surface area contributed by atoms with Gasteiger partial charge in [0.15, 0.2) is 0 Å². The third kappa shape index (κ3) is 5.28. The van der Waals surface area contributed by atoms with Crippen LogP contribution in [0.25, 0.3) is 0 Å². The molecule has 8 nitrogen and oxygen atoms in total. The third-order valence-corrected chi connectivity index (χ3v) is 5.23. The Bertz CT molecular complexity index is 1120. The first-order chi connectivity index (χ1) is 14.4. The van der Waals surface area contributed by atoms with Gasteiger partial charge in [0.1, 0.15) is 17.3 Å². The molecular weight excluding hydrogens is 433 g/mol. The lowest BCUT2D eigenvalue weighted by atomic mass is 10.1. The number of nitrogens with zero attached hydrogens (tertiary/aromatic N) is 3. The molecule has 0 saturated heterocycles. The van der Waals surface area contributed by atoms with E-state index in [2.05, 4.69) is 15.5 Å². The number of rotatable bonds is 7. The van der Waals surface area contributed by atoms with Crippen molar-refractivity contribution in [1.82, 2.24) is 14.9 Å². The van der Waals surface area contributed by atoms with Gasteiger partial charge >= 0.3 is 0 Å². The average molecular weight is 450 g/mol. The number of hydrogen-bond acceptors (Lipinski definition) is 7. The van der Waals surface area contributed by atoms with E-state index in [1.807, 2.05) is 12.1 Å². The van der Waals surface area contributed by atoms with Gasteiger partial charge in [-0.05, 0) is 35.9 Å². The number of hydrogen-bond donors (Lipinski definition) is 2. The van der Waals surface area contributed by atoms with E-state index in [1.165, 1.54) is 12.1 Å². The van der Waals surface area contributed by atoms with Crippen LogP contribution in [0.2, 0.25) is 5.02 Å². The zero-order valence-corrected chi connectivity index (χ0v) is 17.3. The minimum Gasteiger partial charge on any atom is -0.497 e. The second-order valence-electron chi connectivity index (χ2n) is 6.10. The third-order valence-electron chi connectivity index (χ3n) is 3.99. The van der Waals surface area contributed by atoms with Gasteiger partial charge in [0.25, 0.3) is 5.56 Å². The van der Waals surface area contributed by atoms with Crippen molar-refractivity contribution in [3.8, 4) is 5.75 Å². The van der Waals surface area contributed by atoms with Gasteiger partial charge in [-0.1, -0.05) is 35.5 Å². The summed E-state index contributed by atoms with van der Waals surface area (Å²) in [5.74, 6) is 5.46. The van der Waals surface area contributed by atoms with E-state index in [1.54, 1.807) is 19.2 Å². The van der Waals surface area contributed by atoms with Crippen LogP contribution in [0.4, 0.5) is 10.1 Å². The maximum atomic E-state index is 13.2. The highest BCUT2D eigenvalue weighted by Crippen LogP contribution is 2.20. The molecule has 0 radical (unpaired) electrons. The summed E-state index contributed by atoms with van der Waals surface area (Å²) in [5.41, 5.74) is 0.865. The Morgan fingerprint density at radius 2 is 2.00 bits per heavy atom. The van der Waals surface area contributed by atoms with Crippen molar-refractivity contribution in [2.24, 2.45) is 0 Å². The maximum Gasteiger partial charge on any atom is 0.294 e. The molecule has 1 heterocycles. The molecule has 0 atom stereocenters. The highest BCUT2D eigenvalue weighted by Gasteiger charge is 2.13. The summed E-state index contributed by atoms with van der Waals surface area (Å²) in [6.07, 6.45) is 0.254. The fourth-order valence-electron chi connectivity index (χ4n) is 2.47. The van der Waals surface area contributed by atoms with Crippen LogP contribution in [0, 0.1) is 5.82 Å². The fourth-order valence-corrected chi connectivity index (χ4v) is 3.30. The molecule has 3 aromatic rings. The number of thioether (sulfide) groups is 1. The van der Waals surface area contributed by atoms with Gasteiger partial charge in [0.05, 0.1) is 17.9 Å². The van der Waals surface area contributed by atoms with Crippen LogP contribution in [0.15, 0.2) is 52.4 Å². The summed E-state index contributed by atoms with van der Waals surface area (Å²) in [5, 5.41) is 10.5. The lowest BCUT2D eigenvalue weighted by Crippen LogP contribution is -2.34. The standard InChI is InChI=1S/C19H17ClFN5O3S/c1-29-13-5-2-11(3-6-13)8-16-18(28)26(22)19(25-24-16)30-10-17(27)23-12-4-7-15(21)14(20)9-12/h2-7,9H,8,10,22H2,1H3,(H,23,27). The molecule has 2 aromatic carbocycles. The number of halogens is 2. The number of methoxy groups -OCH3 is 1. The first kappa shape index (κ1) is 21.6. The maximum absolute atomic E-state index is 13.2. The second-order valence-corrected chi connectivity index (χ2v) is 7.44. The Labute approximate surface area is 180 Å². The van der Waals surface area contributed by atoms with Crippen LogP contribution in [-0.2, 0) is 11.2 Å². The summed E-state index contributed by atoms with van der Waals surface area (Å²) < 4.78 is 19.1. The summed E-state index contributed by atoms with van der Waals surface area (Å²) in [6, 6.07) is 11.0. The van der Waals surface area contributed by atoms with Crippen molar-refractivity contribution >= 4 is 35.0 Å². The van der Waals surface area contributed by atoms with Crippen LogP contribution in [-0.4, -0.2) is 33.6 Å². The van der Waals surface area contributed by atoms with Crippen molar-refractivity contribution in [2.45, 2.75) is 11.6 Å². The van der Waals surface area contributed by atoms with Crippen molar-refractivity contribution < 1.29 is 13.9 Å². The topological polar surface area (TPSA) is 112 Å². The lowest BCUT2D eigenvalue weighted by Gasteiger charge is -2.09. The van der Waals surface area contributed by atoms with E-state index in [-0.39, 0.29) is 28.0 Å². The number of ether oxygens (including phenoxy) is 1. The molecular formula is C19H17ClFN5O3S. The Morgan fingerprint density at radius 3 is 2.67 bits per heavy atom. The molecule has 11 heteroatoms.